The Hall–Kier alpha value is -2.87. The number of hydrogen-bond acceptors (Lipinski definition) is 8. The third-order valence-corrected chi connectivity index (χ3v) is 4.99. The number of ether oxygens (including phenoxy) is 1. The second-order valence-electron chi connectivity index (χ2n) is 6.83. The Kier molecular flexibility index (Phi) is 5.27. The van der Waals surface area contributed by atoms with Crippen LogP contribution in [0, 0.1) is 17.5 Å². The lowest BCUT2D eigenvalue weighted by molar-refractivity contribution is -0.211. The van der Waals surface area contributed by atoms with Gasteiger partial charge in [0.25, 0.3) is 0 Å². The first kappa shape index (κ1) is 20.4. The van der Waals surface area contributed by atoms with E-state index in [0.717, 1.165) is 16.8 Å². The molecule has 10 nitrogen and oxygen atoms in total. The monoisotopic (exact) mass is 426 g/mol. The minimum Gasteiger partial charge on any atom is -0.394 e. The number of aromatic nitrogens is 6. The fraction of sp³-hybridized carbons (Fsp3) is 0.412. The number of rotatable bonds is 4. The van der Waals surface area contributed by atoms with Crippen molar-refractivity contribution in [3.63, 3.8) is 0 Å². The Labute approximate surface area is 167 Å². The maximum Gasteiger partial charge on any atom is 0.194 e. The predicted octanol–water partition coefficient (Wildman–Crippen LogP) is -0.114. The van der Waals surface area contributed by atoms with Gasteiger partial charge in [0.1, 0.15) is 42.5 Å². The van der Waals surface area contributed by atoms with E-state index in [-0.39, 0.29) is 17.1 Å². The zero-order valence-corrected chi connectivity index (χ0v) is 15.5. The van der Waals surface area contributed by atoms with Gasteiger partial charge in [-0.2, -0.15) is 5.10 Å². The molecule has 0 aliphatic carbocycles. The first-order valence-corrected chi connectivity index (χ1v) is 8.85. The maximum absolute atomic E-state index is 13.5. The lowest BCUT2D eigenvalue weighted by Gasteiger charge is -2.41. The maximum atomic E-state index is 13.5. The molecule has 0 unspecified atom stereocenters. The van der Waals surface area contributed by atoms with Crippen molar-refractivity contribution in [3.05, 3.63) is 47.9 Å². The quantitative estimate of drug-likeness (QED) is 0.493. The summed E-state index contributed by atoms with van der Waals surface area (Å²) in [5.74, 6) is -4.15. The van der Waals surface area contributed by atoms with Gasteiger partial charge >= 0.3 is 0 Å². The molecule has 0 radical (unpaired) electrons. The molecule has 2 aromatic heterocycles. The van der Waals surface area contributed by atoms with Gasteiger partial charge in [-0.05, 0) is 12.1 Å². The zero-order chi connectivity index (χ0) is 21.6. The Morgan fingerprint density at radius 1 is 1.13 bits per heavy atom. The number of aliphatic hydroxyl groups excluding tert-OH is 3. The van der Waals surface area contributed by atoms with Crippen molar-refractivity contribution in [3.8, 4) is 11.3 Å². The van der Waals surface area contributed by atoms with Crippen LogP contribution < -0.4 is 0 Å². The van der Waals surface area contributed by atoms with Gasteiger partial charge < -0.3 is 20.1 Å². The SMILES string of the molecule is Cn1ncnc1[C@@H]1O[C@H](CO)[C@H](O)[C@H](n2cc(-c3cc(F)c(F)c(F)c3)nn2)[C@H]1O. The highest BCUT2D eigenvalue weighted by atomic mass is 19.2. The van der Waals surface area contributed by atoms with Crippen molar-refractivity contribution in [1.29, 1.82) is 0 Å². The lowest BCUT2D eigenvalue weighted by Crippen LogP contribution is -2.53. The van der Waals surface area contributed by atoms with Gasteiger partial charge in [0.2, 0.25) is 0 Å². The van der Waals surface area contributed by atoms with E-state index in [1.165, 1.54) is 17.2 Å². The third kappa shape index (κ3) is 3.35. The summed E-state index contributed by atoms with van der Waals surface area (Å²) in [5, 5.41) is 42.6. The number of hydrogen-bond donors (Lipinski definition) is 3. The molecule has 0 spiro atoms. The summed E-state index contributed by atoms with van der Waals surface area (Å²) in [4.78, 5) is 4.03. The van der Waals surface area contributed by atoms with Crippen LogP contribution in [0.1, 0.15) is 18.0 Å². The normalized spacial score (nSPS) is 26.8. The van der Waals surface area contributed by atoms with Crippen LogP contribution >= 0.6 is 0 Å². The van der Waals surface area contributed by atoms with Gasteiger partial charge in [0, 0.05) is 12.6 Å². The minimum absolute atomic E-state index is 0.0190. The summed E-state index contributed by atoms with van der Waals surface area (Å²) in [5.41, 5.74) is -0.105. The van der Waals surface area contributed by atoms with Crippen LogP contribution in [0.15, 0.2) is 24.7 Å². The van der Waals surface area contributed by atoms with Crippen molar-refractivity contribution in [2.75, 3.05) is 6.61 Å². The van der Waals surface area contributed by atoms with Gasteiger partial charge in [-0.25, -0.2) is 22.8 Å². The molecule has 0 saturated carbocycles. The van der Waals surface area contributed by atoms with E-state index in [0.29, 0.717) is 0 Å². The molecule has 1 saturated heterocycles. The van der Waals surface area contributed by atoms with Gasteiger partial charge in [-0.3, -0.25) is 4.68 Å². The number of aryl methyl sites for hydroxylation is 1. The van der Waals surface area contributed by atoms with Crippen molar-refractivity contribution < 1.29 is 33.2 Å². The first-order chi connectivity index (χ1) is 14.3. The second-order valence-corrected chi connectivity index (χ2v) is 6.83. The highest BCUT2D eigenvalue weighted by Gasteiger charge is 2.48. The van der Waals surface area contributed by atoms with E-state index in [9.17, 15) is 28.5 Å². The number of aliphatic hydroxyl groups is 3. The number of benzene rings is 1. The molecule has 0 bridgehead atoms. The highest BCUT2D eigenvalue weighted by Crippen LogP contribution is 2.37. The summed E-state index contributed by atoms with van der Waals surface area (Å²) in [6.07, 6.45) is -2.45. The van der Waals surface area contributed by atoms with E-state index >= 15 is 0 Å². The highest BCUT2D eigenvalue weighted by molar-refractivity contribution is 5.57. The molecule has 1 aromatic carbocycles. The Balaban J connectivity index is 1.70. The average molecular weight is 426 g/mol. The average Bonchev–Trinajstić information content (AvgIpc) is 3.36. The van der Waals surface area contributed by atoms with Gasteiger partial charge in [0.05, 0.1) is 12.8 Å². The molecule has 1 aliphatic rings. The molecular weight excluding hydrogens is 409 g/mol. The summed E-state index contributed by atoms with van der Waals surface area (Å²) >= 11 is 0. The summed E-state index contributed by atoms with van der Waals surface area (Å²) in [6.45, 7) is -0.561. The molecular formula is C17H17F3N6O4. The molecule has 3 N–H and O–H groups in total. The largest absolute Gasteiger partial charge is 0.394 e. The van der Waals surface area contributed by atoms with Crippen LogP contribution in [0.4, 0.5) is 13.2 Å². The number of nitrogens with zero attached hydrogens (tertiary/aromatic N) is 6. The Bertz CT molecular complexity index is 1040. The van der Waals surface area contributed by atoms with E-state index in [1.54, 1.807) is 7.05 Å². The fourth-order valence-electron chi connectivity index (χ4n) is 3.45. The molecule has 4 rings (SSSR count). The van der Waals surface area contributed by atoms with Crippen molar-refractivity contribution >= 4 is 0 Å². The van der Waals surface area contributed by atoms with E-state index in [1.807, 2.05) is 0 Å². The second kappa shape index (κ2) is 7.75. The van der Waals surface area contributed by atoms with E-state index in [4.69, 9.17) is 4.74 Å². The van der Waals surface area contributed by atoms with Crippen molar-refractivity contribution in [1.82, 2.24) is 29.8 Å². The van der Waals surface area contributed by atoms with Gasteiger partial charge in [-0.1, -0.05) is 5.21 Å². The molecule has 1 fully saturated rings. The molecule has 160 valence electrons. The van der Waals surface area contributed by atoms with Crippen LogP contribution in [-0.4, -0.2) is 70.0 Å². The topological polar surface area (TPSA) is 131 Å². The van der Waals surface area contributed by atoms with Crippen LogP contribution in [0.3, 0.4) is 0 Å². The van der Waals surface area contributed by atoms with Crippen LogP contribution in [-0.2, 0) is 11.8 Å². The number of halogens is 3. The molecule has 3 aromatic rings. The zero-order valence-electron chi connectivity index (χ0n) is 15.5. The molecule has 13 heteroatoms. The van der Waals surface area contributed by atoms with Crippen LogP contribution in [0.25, 0.3) is 11.3 Å². The molecule has 0 amide bonds. The summed E-state index contributed by atoms with van der Waals surface area (Å²) < 4.78 is 48.4. The van der Waals surface area contributed by atoms with Crippen molar-refractivity contribution in [2.24, 2.45) is 7.05 Å². The molecule has 30 heavy (non-hydrogen) atoms. The standard InChI is InChI=1S/C17H17F3N6O4/c1-25-17(21-6-22-25)16-15(29)13(14(28)11(5-27)30-16)26-4-10(23-24-26)7-2-8(18)12(20)9(19)3-7/h2-4,6,11,13-16,27-29H,5H2,1H3/t11-,13+,14+,15-,16-/m1/s1. The van der Waals surface area contributed by atoms with E-state index < -0.39 is 54.5 Å². The van der Waals surface area contributed by atoms with Gasteiger partial charge in [0.15, 0.2) is 23.3 Å². The van der Waals surface area contributed by atoms with Crippen LogP contribution in [0.5, 0.6) is 0 Å². The minimum atomic E-state index is -1.61. The van der Waals surface area contributed by atoms with Gasteiger partial charge in [-0.15, -0.1) is 5.10 Å². The third-order valence-electron chi connectivity index (χ3n) is 4.99. The summed E-state index contributed by atoms with van der Waals surface area (Å²) in [7, 11) is 1.58. The summed E-state index contributed by atoms with van der Waals surface area (Å²) in [6, 6.07) is 0.360. The molecule has 3 heterocycles. The Morgan fingerprint density at radius 3 is 2.43 bits per heavy atom. The Morgan fingerprint density at radius 2 is 1.83 bits per heavy atom. The van der Waals surface area contributed by atoms with Crippen LogP contribution in [0.2, 0.25) is 0 Å². The first-order valence-electron chi connectivity index (χ1n) is 8.85. The smallest absolute Gasteiger partial charge is 0.194 e. The molecule has 5 atom stereocenters. The molecule has 1 aliphatic heterocycles. The van der Waals surface area contributed by atoms with Crippen molar-refractivity contribution in [2.45, 2.75) is 30.5 Å². The predicted molar refractivity (Wildman–Crippen MR) is 92.1 cm³/mol. The van der Waals surface area contributed by atoms with E-state index in [2.05, 4.69) is 20.4 Å². The fourth-order valence-corrected chi connectivity index (χ4v) is 3.45. The lowest BCUT2D eigenvalue weighted by atomic mass is 9.92.